The standard InChI is InChI=1S/C26H31N3O2S/c1-5-25-28-17(4)24(32-25)15-29(18-12-13-22(16(2)3)27-14-18)26(31)21-10-6-9-20-19(21)8-7-11-23(20)30/h7-8,11-14,16,21,30H,5-6,9-10,15H2,1-4H3. The molecule has 5 nitrogen and oxygen atoms in total. The van der Waals surface area contributed by atoms with E-state index in [1.165, 1.54) is 0 Å². The first-order valence-corrected chi connectivity index (χ1v) is 12.2. The van der Waals surface area contributed by atoms with Crippen LogP contribution in [0.5, 0.6) is 5.75 Å². The summed E-state index contributed by atoms with van der Waals surface area (Å²) in [6.45, 7) is 8.83. The highest BCUT2D eigenvalue weighted by Crippen LogP contribution is 2.38. The average molecular weight is 450 g/mol. The fraction of sp³-hybridized carbons (Fsp3) is 0.423. The van der Waals surface area contributed by atoms with Crippen molar-refractivity contribution in [3.63, 3.8) is 0 Å². The number of carbonyl (C=O) groups is 1. The smallest absolute Gasteiger partial charge is 0.234 e. The molecule has 0 radical (unpaired) electrons. The van der Waals surface area contributed by atoms with E-state index in [4.69, 9.17) is 0 Å². The molecule has 2 heterocycles. The summed E-state index contributed by atoms with van der Waals surface area (Å²) in [7, 11) is 0. The van der Waals surface area contributed by atoms with E-state index in [0.717, 1.165) is 63.8 Å². The van der Waals surface area contributed by atoms with Crippen LogP contribution in [0.4, 0.5) is 5.69 Å². The topological polar surface area (TPSA) is 66.3 Å². The van der Waals surface area contributed by atoms with Crippen LogP contribution in [0.15, 0.2) is 36.5 Å². The van der Waals surface area contributed by atoms with Gasteiger partial charge in [0.25, 0.3) is 0 Å². The number of hydrogen-bond donors (Lipinski definition) is 1. The summed E-state index contributed by atoms with van der Waals surface area (Å²) in [5, 5.41) is 11.4. The predicted octanol–water partition coefficient (Wildman–Crippen LogP) is 5.89. The number of phenols is 1. The van der Waals surface area contributed by atoms with E-state index in [9.17, 15) is 9.90 Å². The van der Waals surface area contributed by atoms with Crippen LogP contribution in [0, 0.1) is 6.92 Å². The molecule has 0 bridgehead atoms. The summed E-state index contributed by atoms with van der Waals surface area (Å²) in [5.74, 6) is 0.411. The molecular weight excluding hydrogens is 418 g/mol. The quantitative estimate of drug-likeness (QED) is 0.509. The fourth-order valence-corrected chi connectivity index (χ4v) is 5.40. The maximum absolute atomic E-state index is 14.0. The van der Waals surface area contributed by atoms with Crippen LogP contribution in [0.3, 0.4) is 0 Å². The van der Waals surface area contributed by atoms with E-state index in [0.29, 0.717) is 18.2 Å². The number of aromatic nitrogens is 2. The Morgan fingerprint density at radius 3 is 2.75 bits per heavy atom. The summed E-state index contributed by atoms with van der Waals surface area (Å²) in [5.41, 5.74) is 4.66. The number of pyridine rings is 1. The number of carbonyl (C=O) groups excluding carboxylic acids is 1. The van der Waals surface area contributed by atoms with Crippen molar-refractivity contribution in [2.24, 2.45) is 0 Å². The molecule has 1 atom stereocenters. The number of aromatic hydroxyl groups is 1. The second kappa shape index (κ2) is 9.41. The number of nitrogens with zero attached hydrogens (tertiary/aromatic N) is 3. The van der Waals surface area contributed by atoms with Crippen molar-refractivity contribution in [2.45, 2.75) is 71.8 Å². The Hall–Kier alpha value is -2.73. The largest absolute Gasteiger partial charge is 0.508 e. The summed E-state index contributed by atoms with van der Waals surface area (Å²) in [4.78, 5) is 26.2. The number of thiazole rings is 1. The molecule has 0 aliphatic heterocycles. The number of fused-ring (bicyclic) bond motifs is 1. The van der Waals surface area contributed by atoms with Crippen LogP contribution in [-0.2, 0) is 24.2 Å². The number of anilines is 1. The Balaban J connectivity index is 1.73. The van der Waals surface area contributed by atoms with E-state index in [2.05, 4.69) is 30.7 Å². The number of aryl methyl sites for hydroxylation is 2. The molecule has 1 aromatic carbocycles. The van der Waals surface area contributed by atoms with Crippen molar-refractivity contribution in [3.8, 4) is 5.75 Å². The van der Waals surface area contributed by atoms with Crippen molar-refractivity contribution < 1.29 is 9.90 Å². The number of amides is 1. The zero-order valence-electron chi connectivity index (χ0n) is 19.3. The van der Waals surface area contributed by atoms with Gasteiger partial charge in [-0.2, -0.15) is 0 Å². The summed E-state index contributed by atoms with van der Waals surface area (Å²) in [6.07, 6.45) is 5.18. The van der Waals surface area contributed by atoms with Gasteiger partial charge in [-0.15, -0.1) is 11.3 Å². The van der Waals surface area contributed by atoms with Gasteiger partial charge in [0, 0.05) is 10.6 Å². The van der Waals surface area contributed by atoms with Crippen LogP contribution in [-0.4, -0.2) is 21.0 Å². The van der Waals surface area contributed by atoms with Gasteiger partial charge in [0.05, 0.1) is 35.0 Å². The van der Waals surface area contributed by atoms with Crippen molar-refractivity contribution in [3.05, 3.63) is 68.9 Å². The van der Waals surface area contributed by atoms with Crippen molar-refractivity contribution in [1.29, 1.82) is 0 Å². The SMILES string of the molecule is CCc1nc(C)c(CN(C(=O)C2CCCc3c(O)cccc32)c2ccc(C(C)C)nc2)s1. The first-order chi connectivity index (χ1) is 15.4. The Kier molecular flexibility index (Phi) is 6.60. The molecule has 0 saturated heterocycles. The summed E-state index contributed by atoms with van der Waals surface area (Å²) < 4.78 is 0. The lowest BCUT2D eigenvalue weighted by molar-refractivity contribution is -0.120. The van der Waals surface area contributed by atoms with Crippen LogP contribution in [0.1, 0.15) is 77.8 Å². The van der Waals surface area contributed by atoms with Crippen LogP contribution in [0.2, 0.25) is 0 Å². The number of phenolic OH excluding ortho intramolecular Hbond substituents is 1. The van der Waals surface area contributed by atoms with Crippen molar-refractivity contribution >= 4 is 22.9 Å². The maximum Gasteiger partial charge on any atom is 0.234 e. The van der Waals surface area contributed by atoms with E-state index in [1.54, 1.807) is 17.4 Å². The first-order valence-electron chi connectivity index (χ1n) is 11.4. The second-order valence-electron chi connectivity index (χ2n) is 8.78. The third-order valence-electron chi connectivity index (χ3n) is 6.26. The summed E-state index contributed by atoms with van der Waals surface area (Å²) in [6, 6.07) is 9.55. The van der Waals surface area contributed by atoms with Crippen molar-refractivity contribution in [2.75, 3.05) is 4.90 Å². The molecule has 0 fully saturated rings. The minimum atomic E-state index is -0.269. The molecule has 1 amide bonds. The van der Waals surface area contributed by atoms with Gasteiger partial charge in [0.1, 0.15) is 5.75 Å². The normalized spacial score (nSPS) is 15.6. The van der Waals surface area contributed by atoms with E-state index in [1.807, 2.05) is 42.3 Å². The number of rotatable bonds is 6. The predicted molar refractivity (Wildman–Crippen MR) is 130 cm³/mol. The van der Waals surface area contributed by atoms with E-state index >= 15 is 0 Å². The van der Waals surface area contributed by atoms with Gasteiger partial charge in [-0.3, -0.25) is 9.78 Å². The molecule has 3 aromatic rings. The second-order valence-corrected chi connectivity index (χ2v) is 9.95. The van der Waals surface area contributed by atoms with E-state index in [-0.39, 0.29) is 11.8 Å². The molecule has 32 heavy (non-hydrogen) atoms. The lowest BCUT2D eigenvalue weighted by Crippen LogP contribution is -2.36. The van der Waals surface area contributed by atoms with Gasteiger partial charge in [0.2, 0.25) is 5.91 Å². The van der Waals surface area contributed by atoms with Crippen LogP contribution in [0.25, 0.3) is 0 Å². The minimum Gasteiger partial charge on any atom is -0.508 e. The molecule has 168 valence electrons. The molecule has 0 saturated carbocycles. The first kappa shape index (κ1) is 22.5. The van der Waals surface area contributed by atoms with Crippen molar-refractivity contribution in [1.82, 2.24) is 9.97 Å². The minimum absolute atomic E-state index is 0.0569. The third-order valence-corrected chi connectivity index (χ3v) is 7.55. The zero-order valence-corrected chi connectivity index (χ0v) is 20.1. The third kappa shape index (κ3) is 4.42. The van der Waals surface area contributed by atoms with Crippen LogP contribution >= 0.6 is 11.3 Å². The highest BCUT2D eigenvalue weighted by molar-refractivity contribution is 7.11. The Bertz CT molecular complexity index is 1100. The average Bonchev–Trinajstić information content (AvgIpc) is 3.16. The summed E-state index contributed by atoms with van der Waals surface area (Å²) >= 11 is 1.68. The Labute approximate surface area is 194 Å². The van der Waals surface area contributed by atoms with Crippen LogP contribution < -0.4 is 4.90 Å². The lowest BCUT2D eigenvalue weighted by atomic mass is 9.81. The lowest BCUT2D eigenvalue weighted by Gasteiger charge is -2.31. The Morgan fingerprint density at radius 1 is 1.28 bits per heavy atom. The molecule has 1 aliphatic carbocycles. The highest BCUT2D eigenvalue weighted by atomic mass is 32.1. The maximum atomic E-state index is 14.0. The molecule has 1 N–H and O–H groups in total. The van der Waals surface area contributed by atoms with Gasteiger partial charge in [-0.1, -0.05) is 32.9 Å². The van der Waals surface area contributed by atoms with Gasteiger partial charge >= 0.3 is 0 Å². The molecule has 2 aromatic heterocycles. The van der Waals surface area contributed by atoms with Gasteiger partial charge in [0.15, 0.2) is 0 Å². The molecule has 6 heteroatoms. The number of hydrogen-bond acceptors (Lipinski definition) is 5. The zero-order chi connectivity index (χ0) is 22.8. The van der Waals surface area contributed by atoms with Gasteiger partial charge in [-0.25, -0.2) is 4.98 Å². The molecule has 4 rings (SSSR count). The monoisotopic (exact) mass is 449 g/mol. The highest BCUT2D eigenvalue weighted by Gasteiger charge is 2.32. The Morgan fingerprint density at radius 2 is 2.09 bits per heavy atom. The molecular formula is C26H31N3O2S. The van der Waals surface area contributed by atoms with Gasteiger partial charge < -0.3 is 10.0 Å². The molecule has 1 aliphatic rings. The van der Waals surface area contributed by atoms with E-state index < -0.39 is 0 Å². The molecule has 1 unspecified atom stereocenters. The van der Waals surface area contributed by atoms with Gasteiger partial charge in [-0.05, 0) is 67.9 Å². The molecule has 0 spiro atoms. The fourth-order valence-electron chi connectivity index (χ4n) is 4.40. The number of benzene rings is 1.